The van der Waals surface area contributed by atoms with Crippen molar-refractivity contribution in [1.29, 1.82) is 0 Å². The van der Waals surface area contributed by atoms with E-state index >= 15 is 0 Å². The van der Waals surface area contributed by atoms with Gasteiger partial charge in [-0.25, -0.2) is 14.6 Å². The van der Waals surface area contributed by atoms with Gasteiger partial charge < -0.3 is 10.1 Å². The molecule has 0 bridgehead atoms. The Morgan fingerprint density at radius 1 is 0.805 bits per heavy atom. The molecular weight excluding hydrogens is 542 g/mol. The van der Waals surface area contributed by atoms with Crippen molar-refractivity contribution in [2.45, 2.75) is 6.92 Å². The molecule has 1 N–H and O–H groups in total. The molecule has 0 radical (unpaired) electrons. The Morgan fingerprint density at radius 3 is 1.98 bits per heavy atom. The summed E-state index contributed by atoms with van der Waals surface area (Å²) in [6.07, 6.45) is 1.38. The van der Waals surface area contributed by atoms with Gasteiger partial charge in [0.1, 0.15) is 11.3 Å². The normalized spacial score (nSPS) is 13.3. The van der Waals surface area contributed by atoms with Gasteiger partial charge in [-0.15, -0.1) is 0 Å². The Kier molecular flexibility index (Phi) is 7.94. The number of hydrogen-bond donors (Lipinski definition) is 1. The minimum absolute atomic E-state index is 0.175. The maximum Gasteiger partial charge on any atom is 0.343 e. The first-order chi connectivity index (χ1) is 19.8. The van der Waals surface area contributed by atoms with E-state index in [0.29, 0.717) is 22.6 Å². The second kappa shape index (κ2) is 11.9. The van der Waals surface area contributed by atoms with E-state index in [1.165, 1.54) is 12.1 Å². The van der Waals surface area contributed by atoms with Crippen molar-refractivity contribution in [3.8, 4) is 5.75 Å². The number of halogens is 1. The molecule has 9 heteroatoms. The van der Waals surface area contributed by atoms with Gasteiger partial charge in [0, 0.05) is 5.69 Å². The average Bonchev–Trinajstić information content (AvgIpc) is 2.96. The topological polar surface area (TPSA) is 96.0 Å². The lowest BCUT2D eigenvalue weighted by molar-refractivity contribution is -0.121. The van der Waals surface area contributed by atoms with Gasteiger partial charge in [0.05, 0.1) is 16.4 Å². The van der Waals surface area contributed by atoms with Crippen LogP contribution in [0.2, 0.25) is 5.02 Å². The van der Waals surface area contributed by atoms with E-state index in [9.17, 15) is 19.2 Å². The highest BCUT2D eigenvalue weighted by atomic mass is 35.5. The maximum atomic E-state index is 13.5. The number of anilines is 3. The van der Waals surface area contributed by atoms with Gasteiger partial charge in [-0.05, 0) is 72.7 Å². The number of barbiturate groups is 1. The van der Waals surface area contributed by atoms with Crippen LogP contribution in [0, 0.1) is 6.92 Å². The summed E-state index contributed by atoms with van der Waals surface area (Å²) in [6.45, 7) is 1.65. The molecular formula is C32H24ClN3O5. The van der Waals surface area contributed by atoms with E-state index in [2.05, 4.69) is 5.32 Å². The van der Waals surface area contributed by atoms with Crippen molar-refractivity contribution >= 4 is 58.5 Å². The zero-order chi connectivity index (χ0) is 28.9. The summed E-state index contributed by atoms with van der Waals surface area (Å²) >= 11 is 6.43. The van der Waals surface area contributed by atoms with Crippen molar-refractivity contribution in [3.63, 3.8) is 0 Å². The molecule has 8 nitrogen and oxygen atoms in total. The highest BCUT2D eigenvalue weighted by Crippen LogP contribution is 2.31. The van der Waals surface area contributed by atoms with E-state index in [1.54, 1.807) is 78.9 Å². The molecule has 204 valence electrons. The Morgan fingerprint density at radius 2 is 1.41 bits per heavy atom. The monoisotopic (exact) mass is 565 g/mol. The third-order valence-corrected chi connectivity index (χ3v) is 6.50. The minimum Gasteiger partial charge on any atom is -0.482 e. The lowest BCUT2D eigenvalue weighted by Crippen LogP contribution is -2.57. The number of imide groups is 2. The number of nitrogens with zero attached hydrogens (tertiary/aromatic N) is 2. The summed E-state index contributed by atoms with van der Waals surface area (Å²) in [5, 5.41) is 2.93. The summed E-state index contributed by atoms with van der Waals surface area (Å²) in [7, 11) is 0. The van der Waals surface area contributed by atoms with Crippen molar-refractivity contribution in [2.24, 2.45) is 0 Å². The fourth-order valence-corrected chi connectivity index (χ4v) is 4.54. The predicted octanol–water partition coefficient (Wildman–Crippen LogP) is 6.25. The Hall–Kier alpha value is -5.21. The van der Waals surface area contributed by atoms with Crippen LogP contribution in [-0.4, -0.2) is 30.4 Å². The molecule has 0 aliphatic carbocycles. The van der Waals surface area contributed by atoms with Crippen LogP contribution in [0.25, 0.3) is 6.08 Å². The van der Waals surface area contributed by atoms with Gasteiger partial charge in [-0.1, -0.05) is 66.2 Å². The first kappa shape index (κ1) is 27.4. The second-order valence-electron chi connectivity index (χ2n) is 9.19. The van der Waals surface area contributed by atoms with E-state index < -0.39 is 17.8 Å². The lowest BCUT2D eigenvalue weighted by Gasteiger charge is -2.33. The van der Waals surface area contributed by atoms with Crippen LogP contribution < -0.4 is 19.9 Å². The Bertz CT molecular complexity index is 1610. The molecule has 0 atom stereocenters. The summed E-state index contributed by atoms with van der Waals surface area (Å²) in [6, 6.07) is 28.0. The lowest BCUT2D eigenvalue weighted by atomic mass is 10.0. The van der Waals surface area contributed by atoms with Crippen LogP contribution in [0.1, 0.15) is 11.1 Å². The average molecular weight is 566 g/mol. The minimum atomic E-state index is -0.778. The second-order valence-corrected chi connectivity index (χ2v) is 9.60. The Balaban J connectivity index is 1.40. The molecule has 5 amide bonds. The van der Waals surface area contributed by atoms with E-state index in [-0.39, 0.29) is 28.9 Å². The zero-order valence-corrected chi connectivity index (χ0v) is 22.7. The van der Waals surface area contributed by atoms with Gasteiger partial charge in [0.15, 0.2) is 6.61 Å². The van der Waals surface area contributed by atoms with Crippen LogP contribution in [0.5, 0.6) is 5.75 Å². The van der Waals surface area contributed by atoms with Gasteiger partial charge >= 0.3 is 6.03 Å². The third kappa shape index (κ3) is 6.03. The van der Waals surface area contributed by atoms with Crippen molar-refractivity contribution < 1.29 is 23.9 Å². The van der Waals surface area contributed by atoms with Gasteiger partial charge in [0.25, 0.3) is 17.7 Å². The van der Waals surface area contributed by atoms with Gasteiger partial charge in [-0.3, -0.25) is 14.4 Å². The first-order valence-electron chi connectivity index (χ1n) is 12.7. The fraction of sp³-hybridized carbons (Fsp3) is 0.0625. The number of rotatable bonds is 7. The Labute approximate surface area is 241 Å². The number of para-hydroxylation sites is 2. The summed E-state index contributed by atoms with van der Waals surface area (Å²) in [5.41, 5.74) is 2.52. The van der Waals surface area contributed by atoms with Crippen LogP contribution in [0.3, 0.4) is 0 Å². The summed E-state index contributed by atoms with van der Waals surface area (Å²) < 4.78 is 5.59. The number of aryl methyl sites for hydroxylation is 1. The summed E-state index contributed by atoms with van der Waals surface area (Å²) in [5.74, 6) is -1.63. The standard InChI is InChI=1S/C32H24ClN3O5/c1-21-9-8-10-23(17-21)34-29(37)20-41-28-16-15-22(19-27(28)33)18-26-30(38)35(24-11-4-2-5-12-24)32(40)36(31(26)39)25-13-6-3-7-14-25/h2-19H,20H2,1H3,(H,34,37). The van der Waals surface area contributed by atoms with Crippen LogP contribution in [0.15, 0.2) is 109 Å². The van der Waals surface area contributed by atoms with E-state index in [4.69, 9.17) is 16.3 Å². The molecule has 0 saturated carbocycles. The molecule has 1 heterocycles. The quantitative estimate of drug-likeness (QED) is 0.211. The molecule has 0 unspecified atom stereocenters. The number of carbonyl (C=O) groups is 4. The molecule has 4 aromatic rings. The number of hydrogen-bond acceptors (Lipinski definition) is 5. The molecule has 1 aliphatic heterocycles. The highest BCUT2D eigenvalue weighted by molar-refractivity contribution is 6.46. The van der Waals surface area contributed by atoms with E-state index in [0.717, 1.165) is 15.4 Å². The SMILES string of the molecule is Cc1cccc(NC(=O)COc2ccc(C=C3C(=O)N(c4ccccc4)C(=O)N(c4ccccc4)C3=O)cc2Cl)c1. The van der Waals surface area contributed by atoms with Crippen molar-refractivity contribution in [1.82, 2.24) is 0 Å². The van der Waals surface area contributed by atoms with Crippen LogP contribution in [0.4, 0.5) is 21.9 Å². The zero-order valence-electron chi connectivity index (χ0n) is 21.9. The molecule has 0 spiro atoms. The largest absolute Gasteiger partial charge is 0.482 e. The molecule has 1 fully saturated rings. The molecule has 1 aliphatic rings. The summed E-state index contributed by atoms with van der Waals surface area (Å²) in [4.78, 5) is 54.7. The molecule has 4 aromatic carbocycles. The molecule has 0 aromatic heterocycles. The number of urea groups is 1. The number of ether oxygens (including phenoxy) is 1. The molecule has 5 rings (SSSR count). The smallest absolute Gasteiger partial charge is 0.343 e. The van der Waals surface area contributed by atoms with Gasteiger partial charge in [0.2, 0.25) is 0 Å². The maximum absolute atomic E-state index is 13.5. The number of amides is 5. The fourth-order valence-electron chi connectivity index (χ4n) is 4.29. The van der Waals surface area contributed by atoms with Crippen molar-refractivity contribution in [3.05, 3.63) is 125 Å². The molecule has 1 saturated heterocycles. The van der Waals surface area contributed by atoms with E-state index in [1.807, 2.05) is 25.1 Å². The predicted molar refractivity (Wildman–Crippen MR) is 158 cm³/mol. The first-order valence-corrected chi connectivity index (χ1v) is 13.0. The third-order valence-electron chi connectivity index (χ3n) is 6.21. The molecule has 41 heavy (non-hydrogen) atoms. The number of carbonyl (C=O) groups excluding carboxylic acids is 4. The number of nitrogens with one attached hydrogen (secondary N) is 1. The van der Waals surface area contributed by atoms with Gasteiger partial charge in [-0.2, -0.15) is 0 Å². The number of benzene rings is 4. The van der Waals surface area contributed by atoms with Crippen LogP contribution in [-0.2, 0) is 14.4 Å². The van der Waals surface area contributed by atoms with Crippen LogP contribution >= 0.6 is 11.6 Å². The van der Waals surface area contributed by atoms with Crippen molar-refractivity contribution in [2.75, 3.05) is 21.7 Å². The highest BCUT2D eigenvalue weighted by Gasteiger charge is 2.43.